The molecule has 3 heterocycles. The number of carbonyl (C=O) groups excluding carboxylic acids is 2. The molecule has 1 aromatic carbocycles. The normalized spacial score (nSPS) is 20.7. The Morgan fingerprint density at radius 3 is 2.57 bits per heavy atom. The van der Waals surface area contributed by atoms with Gasteiger partial charge in [-0.15, -0.1) is 0 Å². The van der Waals surface area contributed by atoms with Gasteiger partial charge in [-0.2, -0.15) is 5.10 Å². The molecular weight excluding hydrogens is 354 g/mol. The van der Waals surface area contributed by atoms with Gasteiger partial charge in [0.2, 0.25) is 0 Å². The highest BCUT2D eigenvalue weighted by atomic mass is 16.2. The molecule has 2 amide bonds. The van der Waals surface area contributed by atoms with Crippen LogP contribution in [0.15, 0.2) is 42.6 Å². The van der Waals surface area contributed by atoms with E-state index in [2.05, 4.69) is 15.7 Å². The number of piperidine rings is 2. The van der Waals surface area contributed by atoms with Gasteiger partial charge in [0.1, 0.15) is 5.69 Å². The van der Waals surface area contributed by atoms with Gasteiger partial charge in [0.05, 0.1) is 6.04 Å². The standard InChI is InChI=1S/C21H27N5O2/c27-20(19-10-14-26(24-19)18-7-4-11-22-15-18)23-17-8-12-25(13-9-17)21(28)16-5-2-1-3-6-16/h1-3,5-6,10,14,17-18,22H,4,7-9,11-13,15H2,(H,23,27). The van der Waals surface area contributed by atoms with Crippen molar-refractivity contribution in [2.45, 2.75) is 37.8 Å². The number of aromatic nitrogens is 2. The van der Waals surface area contributed by atoms with E-state index < -0.39 is 0 Å². The van der Waals surface area contributed by atoms with E-state index in [1.54, 1.807) is 6.07 Å². The Labute approximate surface area is 165 Å². The van der Waals surface area contributed by atoms with Gasteiger partial charge in [0, 0.05) is 37.4 Å². The number of likely N-dealkylation sites (tertiary alicyclic amines) is 1. The van der Waals surface area contributed by atoms with Crippen molar-refractivity contribution in [2.75, 3.05) is 26.2 Å². The van der Waals surface area contributed by atoms with Crippen LogP contribution >= 0.6 is 0 Å². The molecule has 2 aliphatic rings. The Bertz CT molecular complexity index is 805. The van der Waals surface area contributed by atoms with Gasteiger partial charge in [0.25, 0.3) is 11.8 Å². The number of amides is 2. The summed E-state index contributed by atoms with van der Waals surface area (Å²) < 4.78 is 1.90. The molecule has 28 heavy (non-hydrogen) atoms. The van der Waals surface area contributed by atoms with Gasteiger partial charge in [-0.05, 0) is 50.4 Å². The van der Waals surface area contributed by atoms with Gasteiger partial charge in [0.15, 0.2) is 0 Å². The topological polar surface area (TPSA) is 79.3 Å². The van der Waals surface area contributed by atoms with Crippen molar-refractivity contribution < 1.29 is 9.59 Å². The fraction of sp³-hybridized carbons (Fsp3) is 0.476. The maximum atomic E-state index is 12.6. The van der Waals surface area contributed by atoms with Gasteiger partial charge in [-0.25, -0.2) is 0 Å². The predicted molar refractivity (Wildman–Crippen MR) is 106 cm³/mol. The number of nitrogens with zero attached hydrogens (tertiary/aromatic N) is 3. The number of rotatable bonds is 4. The van der Waals surface area contributed by atoms with E-state index in [-0.39, 0.29) is 17.9 Å². The molecule has 2 aromatic rings. The smallest absolute Gasteiger partial charge is 0.271 e. The molecule has 7 heteroatoms. The van der Waals surface area contributed by atoms with E-state index in [9.17, 15) is 9.59 Å². The zero-order valence-corrected chi connectivity index (χ0v) is 16.0. The van der Waals surface area contributed by atoms with E-state index in [1.165, 1.54) is 0 Å². The molecule has 1 atom stereocenters. The van der Waals surface area contributed by atoms with Crippen molar-refractivity contribution in [3.05, 3.63) is 53.9 Å². The van der Waals surface area contributed by atoms with Crippen LogP contribution in [-0.4, -0.2) is 58.7 Å². The SMILES string of the molecule is O=C(NC1CCN(C(=O)c2ccccc2)CC1)c1ccn(C2CCCNC2)n1. The summed E-state index contributed by atoms with van der Waals surface area (Å²) in [4.78, 5) is 27.0. The average Bonchev–Trinajstić information content (AvgIpc) is 3.26. The third kappa shape index (κ3) is 4.25. The Balaban J connectivity index is 1.28. The molecule has 2 fully saturated rings. The fourth-order valence-corrected chi connectivity index (χ4v) is 3.97. The quantitative estimate of drug-likeness (QED) is 0.847. The first kappa shape index (κ1) is 18.7. The zero-order chi connectivity index (χ0) is 19.3. The van der Waals surface area contributed by atoms with Crippen molar-refractivity contribution >= 4 is 11.8 Å². The van der Waals surface area contributed by atoms with Crippen molar-refractivity contribution in [1.82, 2.24) is 25.3 Å². The van der Waals surface area contributed by atoms with Crippen LogP contribution in [0.3, 0.4) is 0 Å². The first-order valence-corrected chi connectivity index (χ1v) is 10.1. The highest BCUT2D eigenvalue weighted by Crippen LogP contribution is 2.17. The highest BCUT2D eigenvalue weighted by molar-refractivity contribution is 5.94. The molecule has 0 saturated carbocycles. The minimum Gasteiger partial charge on any atom is -0.348 e. The summed E-state index contributed by atoms with van der Waals surface area (Å²) in [6.45, 7) is 3.26. The number of hydrogen-bond acceptors (Lipinski definition) is 4. The molecule has 2 N–H and O–H groups in total. The summed E-state index contributed by atoms with van der Waals surface area (Å²) in [7, 11) is 0. The van der Waals surface area contributed by atoms with Crippen LogP contribution in [0, 0.1) is 0 Å². The van der Waals surface area contributed by atoms with Crippen LogP contribution in [0.1, 0.15) is 52.6 Å². The lowest BCUT2D eigenvalue weighted by Gasteiger charge is -2.32. The zero-order valence-electron chi connectivity index (χ0n) is 16.0. The van der Waals surface area contributed by atoms with Crippen molar-refractivity contribution in [2.24, 2.45) is 0 Å². The molecule has 0 bridgehead atoms. The van der Waals surface area contributed by atoms with Crippen LogP contribution in [0.25, 0.3) is 0 Å². The molecule has 1 unspecified atom stereocenters. The molecule has 0 spiro atoms. The second kappa shape index (κ2) is 8.56. The molecule has 4 rings (SSSR count). The molecule has 0 aliphatic carbocycles. The Kier molecular flexibility index (Phi) is 5.71. The third-order valence-electron chi connectivity index (χ3n) is 5.62. The summed E-state index contributed by atoms with van der Waals surface area (Å²) in [5.41, 5.74) is 1.18. The Morgan fingerprint density at radius 1 is 1.07 bits per heavy atom. The van der Waals surface area contributed by atoms with Crippen LogP contribution in [0.2, 0.25) is 0 Å². The molecule has 0 radical (unpaired) electrons. The van der Waals surface area contributed by atoms with Crippen molar-refractivity contribution in [1.29, 1.82) is 0 Å². The van der Waals surface area contributed by atoms with Gasteiger partial charge in [-0.1, -0.05) is 18.2 Å². The lowest BCUT2D eigenvalue weighted by atomic mass is 10.0. The van der Waals surface area contributed by atoms with Crippen molar-refractivity contribution in [3.63, 3.8) is 0 Å². The highest BCUT2D eigenvalue weighted by Gasteiger charge is 2.25. The second-order valence-electron chi connectivity index (χ2n) is 7.59. The first-order valence-electron chi connectivity index (χ1n) is 10.1. The Hall–Kier alpha value is -2.67. The van der Waals surface area contributed by atoms with E-state index in [0.717, 1.165) is 38.8 Å². The fourth-order valence-electron chi connectivity index (χ4n) is 3.97. The van der Waals surface area contributed by atoms with Crippen LogP contribution in [0.4, 0.5) is 0 Å². The van der Waals surface area contributed by atoms with E-state index in [1.807, 2.05) is 46.1 Å². The maximum absolute atomic E-state index is 12.6. The minimum atomic E-state index is -0.129. The van der Waals surface area contributed by atoms with Gasteiger partial charge in [-0.3, -0.25) is 14.3 Å². The third-order valence-corrected chi connectivity index (χ3v) is 5.62. The van der Waals surface area contributed by atoms with Gasteiger partial charge < -0.3 is 15.5 Å². The van der Waals surface area contributed by atoms with E-state index in [4.69, 9.17) is 0 Å². The number of benzene rings is 1. The largest absolute Gasteiger partial charge is 0.348 e. The second-order valence-corrected chi connectivity index (χ2v) is 7.59. The molecule has 7 nitrogen and oxygen atoms in total. The van der Waals surface area contributed by atoms with Crippen molar-refractivity contribution in [3.8, 4) is 0 Å². The maximum Gasteiger partial charge on any atom is 0.271 e. The number of carbonyl (C=O) groups is 2. The number of nitrogens with one attached hydrogen (secondary N) is 2. The summed E-state index contributed by atoms with van der Waals surface area (Å²) in [5, 5.41) is 10.9. The van der Waals surface area contributed by atoms with E-state index >= 15 is 0 Å². The molecular formula is C21H27N5O2. The summed E-state index contributed by atoms with van der Waals surface area (Å²) in [5.74, 6) is -0.0689. The van der Waals surface area contributed by atoms with Crippen LogP contribution < -0.4 is 10.6 Å². The number of hydrogen-bond donors (Lipinski definition) is 2. The summed E-state index contributed by atoms with van der Waals surface area (Å²) in [6, 6.07) is 11.5. The molecule has 1 aromatic heterocycles. The lowest BCUT2D eigenvalue weighted by molar-refractivity contribution is 0.0697. The monoisotopic (exact) mass is 381 g/mol. The van der Waals surface area contributed by atoms with Gasteiger partial charge >= 0.3 is 0 Å². The first-order chi connectivity index (χ1) is 13.7. The minimum absolute atomic E-state index is 0.0604. The molecule has 2 aliphatic heterocycles. The predicted octanol–water partition coefficient (Wildman–Crippen LogP) is 1.84. The summed E-state index contributed by atoms with van der Waals surface area (Å²) in [6.07, 6.45) is 5.64. The van der Waals surface area contributed by atoms with Crippen LogP contribution in [0.5, 0.6) is 0 Å². The average molecular weight is 381 g/mol. The van der Waals surface area contributed by atoms with Crippen LogP contribution in [-0.2, 0) is 0 Å². The summed E-state index contributed by atoms with van der Waals surface area (Å²) >= 11 is 0. The molecule has 148 valence electrons. The lowest BCUT2D eigenvalue weighted by Crippen LogP contribution is -2.46. The van der Waals surface area contributed by atoms with E-state index in [0.29, 0.717) is 30.4 Å². The Morgan fingerprint density at radius 2 is 1.86 bits per heavy atom. The molecule has 2 saturated heterocycles.